The molecular weight excluding hydrogens is 329 g/mol. The molecule has 0 spiro atoms. The van der Waals surface area contributed by atoms with Crippen molar-refractivity contribution in [3.05, 3.63) is 30.5 Å². The number of nitrogens with zero attached hydrogens (tertiary/aromatic N) is 3. The smallest absolute Gasteiger partial charge is 0.410 e. The summed E-state index contributed by atoms with van der Waals surface area (Å²) in [6.45, 7) is 7.97. The Morgan fingerprint density at radius 1 is 1.08 bits per heavy atom. The van der Waals surface area contributed by atoms with E-state index in [-0.39, 0.29) is 12.0 Å². The maximum atomic E-state index is 12.7. The number of amides is 2. The lowest BCUT2D eigenvalue weighted by molar-refractivity contribution is -0.133. The monoisotopic (exact) mass is 355 g/mol. The molecule has 1 aromatic heterocycles. The SMILES string of the molecule is Bc1ccc2c(ccn2CC(=O)N2CCN(C(=O)OC(C)(C)C)CC2)c1. The van der Waals surface area contributed by atoms with E-state index in [9.17, 15) is 9.59 Å². The summed E-state index contributed by atoms with van der Waals surface area (Å²) in [5.74, 6) is 0.0758. The molecular formula is C19H26BN3O3. The molecule has 0 aliphatic carbocycles. The van der Waals surface area contributed by atoms with Crippen LogP contribution < -0.4 is 5.46 Å². The van der Waals surface area contributed by atoms with Gasteiger partial charge < -0.3 is 19.1 Å². The van der Waals surface area contributed by atoms with Crippen molar-refractivity contribution < 1.29 is 14.3 Å². The summed E-state index contributed by atoms with van der Waals surface area (Å²) < 4.78 is 7.38. The predicted molar refractivity (Wildman–Crippen MR) is 105 cm³/mol. The van der Waals surface area contributed by atoms with Crippen LogP contribution in [0.4, 0.5) is 4.79 Å². The van der Waals surface area contributed by atoms with Crippen molar-refractivity contribution in [1.82, 2.24) is 14.4 Å². The normalized spacial score (nSPS) is 15.3. The van der Waals surface area contributed by atoms with Crippen LogP contribution in [0, 0.1) is 0 Å². The number of aromatic nitrogens is 1. The van der Waals surface area contributed by atoms with Crippen molar-refractivity contribution in [1.29, 1.82) is 0 Å². The molecule has 0 atom stereocenters. The molecule has 0 N–H and O–H groups in total. The van der Waals surface area contributed by atoms with Gasteiger partial charge in [-0.05, 0) is 38.3 Å². The van der Waals surface area contributed by atoms with Crippen molar-refractivity contribution in [2.75, 3.05) is 26.2 Å². The molecule has 1 aliphatic heterocycles. The molecule has 2 heterocycles. The molecule has 0 bridgehead atoms. The molecule has 0 saturated carbocycles. The third-order valence-electron chi connectivity index (χ3n) is 4.52. The highest BCUT2D eigenvalue weighted by Crippen LogP contribution is 2.15. The van der Waals surface area contributed by atoms with Gasteiger partial charge >= 0.3 is 6.09 Å². The van der Waals surface area contributed by atoms with Crippen molar-refractivity contribution in [3.63, 3.8) is 0 Å². The second-order valence-electron chi connectivity index (χ2n) is 7.85. The molecule has 26 heavy (non-hydrogen) atoms. The summed E-state index contributed by atoms with van der Waals surface area (Å²) in [5.41, 5.74) is 1.77. The fraction of sp³-hybridized carbons (Fsp3) is 0.474. The van der Waals surface area contributed by atoms with Gasteiger partial charge in [0.1, 0.15) is 20.0 Å². The van der Waals surface area contributed by atoms with Crippen LogP contribution in [0.25, 0.3) is 10.9 Å². The highest BCUT2D eigenvalue weighted by molar-refractivity contribution is 6.33. The Labute approximate surface area is 155 Å². The van der Waals surface area contributed by atoms with Gasteiger partial charge in [0.15, 0.2) is 0 Å². The van der Waals surface area contributed by atoms with Gasteiger partial charge in [-0.3, -0.25) is 4.79 Å². The van der Waals surface area contributed by atoms with E-state index in [2.05, 4.69) is 26.0 Å². The average Bonchev–Trinajstić information content (AvgIpc) is 2.95. The number of benzene rings is 1. The molecule has 1 saturated heterocycles. The summed E-state index contributed by atoms with van der Waals surface area (Å²) in [7, 11) is 2.06. The van der Waals surface area contributed by atoms with E-state index in [0.29, 0.717) is 32.7 Å². The number of ether oxygens (including phenoxy) is 1. The van der Waals surface area contributed by atoms with E-state index in [1.165, 1.54) is 5.46 Å². The van der Waals surface area contributed by atoms with Crippen molar-refractivity contribution in [2.24, 2.45) is 0 Å². The number of carbonyl (C=O) groups is 2. The van der Waals surface area contributed by atoms with Gasteiger partial charge in [-0.2, -0.15) is 0 Å². The van der Waals surface area contributed by atoms with Crippen LogP contribution >= 0.6 is 0 Å². The van der Waals surface area contributed by atoms with Gasteiger partial charge in [0.25, 0.3) is 0 Å². The zero-order chi connectivity index (χ0) is 18.9. The maximum absolute atomic E-state index is 12.7. The van der Waals surface area contributed by atoms with E-state index in [1.807, 2.05) is 42.5 Å². The zero-order valence-corrected chi connectivity index (χ0v) is 16.0. The quantitative estimate of drug-likeness (QED) is 0.755. The highest BCUT2D eigenvalue weighted by atomic mass is 16.6. The number of carbonyl (C=O) groups excluding carboxylic acids is 2. The van der Waals surface area contributed by atoms with E-state index in [4.69, 9.17) is 4.74 Å². The van der Waals surface area contributed by atoms with Gasteiger partial charge in [-0.15, -0.1) is 0 Å². The molecule has 7 heteroatoms. The van der Waals surface area contributed by atoms with E-state index >= 15 is 0 Å². The third kappa shape index (κ3) is 4.21. The van der Waals surface area contributed by atoms with Crippen LogP contribution in [0.1, 0.15) is 20.8 Å². The Bertz CT molecular complexity index is 817. The number of hydrogen-bond donors (Lipinski definition) is 0. The van der Waals surface area contributed by atoms with Crippen LogP contribution in [0.15, 0.2) is 30.5 Å². The minimum atomic E-state index is -0.502. The number of fused-ring (bicyclic) bond motifs is 1. The Hall–Kier alpha value is -2.44. The summed E-state index contributed by atoms with van der Waals surface area (Å²) in [6, 6.07) is 8.27. The fourth-order valence-corrected chi connectivity index (χ4v) is 3.17. The largest absolute Gasteiger partial charge is 0.444 e. The Morgan fingerprint density at radius 2 is 1.73 bits per heavy atom. The molecule has 138 valence electrons. The number of piperazine rings is 1. The van der Waals surface area contributed by atoms with Crippen LogP contribution in [-0.2, 0) is 16.1 Å². The number of hydrogen-bond acceptors (Lipinski definition) is 3. The first-order valence-electron chi connectivity index (χ1n) is 9.04. The van der Waals surface area contributed by atoms with Crippen LogP contribution in [-0.4, -0.2) is 66.0 Å². The van der Waals surface area contributed by atoms with Crippen molar-refractivity contribution in [2.45, 2.75) is 32.9 Å². The van der Waals surface area contributed by atoms with Crippen molar-refractivity contribution >= 4 is 36.2 Å². The third-order valence-corrected chi connectivity index (χ3v) is 4.52. The van der Waals surface area contributed by atoms with Gasteiger partial charge in [0, 0.05) is 37.9 Å². The van der Waals surface area contributed by atoms with E-state index in [1.54, 1.807) is 4.90 Å². The lowest BCUT2D eigenvalue weighted by atomic mass is 9.95. The van der Waals surface area contributed by atoms with Crippen molar-refractivity contribution in [3.8, 4) is 0 Å². The molecule has 0 radical (unpaired) electrons. The first-order valence-corrected chi connectivity index (χ1v) is 9.04. The molecule has 1 aromatic carbocycles. The fourth-order valence-electron chi connectivity index (χ4n) is 3.17. The first kappa shape index (κ1) is 18.4. The Kier molecular flexibility index (Phi) is 4.98. The second-order valence-corrected chi connectivity index (χ2v) is 7.85. The standard InChI is InChI=1S/C19H26BN3O3/c1-19(2,3)26-18(25)22-10-8-21(9-11-22)17(24)13-23-7-6-14-12-15(20)4-5-16(14)23/h4-7,12H,8-11,13,20H2,1-3H3. The second kappa shape index (κ2) is 7.06. The number of rotatable bonds is 2. The molecule has 1 fully saturated rings. The van der Waals surface area contributed by atoms with Gasteiger partial charge in [0.2, 0.25) is 5.91 Å². The molecule has 6 nitrogen and oxygen atoms in total. The Balaban J connectivity index is 1.57. The highest BCUT2D eigenvalue weighted by Gasteiger charge is 2.27. The minimum Gasteiger partial charge on any atom is -0.444 e. The van der Waals surface area contributed by atoms with Gasteiger partial charge in [-0.25, -0.2) is 4.79 Å². The summed E-state index contributed by atoms with van der Waals surface area (Å²) >= 11 is 0. The van der Waals surface area contributed by atoms with Crippen LogP contribution in [0.2, 0.25) is 0 Å². The molecule has 2 aromatic rings. The maximum Gasteiger partial charge on any atom is 0.410 e. The first-order chi connectivity index (χ1) is 12.2. The predicted octanol–water partition coefficient (Wildman–Crippen LogP) is 0.979. The minimum absolute atomic E-state index is 0.0758. The molecule has 2 amide bonds. The zero-order valence-electron chi connectivity index (χ0n) is 16.0. The summed E-state index contributed by atoms with van der Waals surface area (Å²) in [4.78, 5) is 28.3. The van der Waals surface area contributed by atoms with Gasteiger partial charge in [-0.1, -0.05) is 17.6 Å². The molecule has 0 unspecified atom stereocenters. The van der Waals surface area contributed by atoms with E-state index < -0.39 is 5.60 Å². The molecule has 3 rings (SSSR count). The topological polar surface area (TPSA) is 54.8 Å². The molecule has 1 aliphatic rings. The van der Waals surface area contributed by atoms with E-state index in [0.717, 1.165) is 10.9 Å². The van der Waals surface area contributed by atoms with Gasteiger partial charge in [0.05, 0.1) is 0 Å². The summed E-state index contributed by atoms with van der Waals surface area (Å²) in [6.07, 6.45) is 1.65. The van der Waals surface area contributed by atoms with Crippen LogP contribution in [0.3, 0.4) is 0 Å². The summed E-state index contributed by atoms with van der Waals surface area (Å²) in [5, 5.41) is 1.15. The van der Waals surface area contributed by atoms with Crippen LogP contribution in [0.5, 0.6) is 0 Å². The lowest BCUT2D eigenvalue weighted by Crippen LogP contribution is -2.52. The Morgan fingerprint density at radius 3 is 2.38 bits per heavy atom. The lowest BCUT2D eigenvalue weighted by Gasteiger charge is -2.35. The average molecular weight is 355 g/mol.